The van der Waals surface area contributed by atoms with Crippen LogP contribution in [-0.2, 0) is 13.1 Å². The monoisotopic (exact) mass is 271 g/mol. The Balaban J connectivity index is 1.73. The van der Waals surface area contributed by atoms with Crippen LogP contribution in [0.3, 0.4) is 0 Å². The van der Waals surface area contributed by atoms with Gasteiger partial charge in [-0.1, -0.05) is 30.3 Å². The van der Waals surface area contributed by atoms with Gasteiger partial charge in [-0.25, -0.2) is 4.98 Å². The highest BCUT2D eigenvalue weighted by Crippen LogP contribution is 2.20. The molecule has 3 nitrogen and oxygen atoms in total. The van der Waals surface area contributed by atoms with Crippen molar-refractivity contribution in [2.45, 2.75) is 26.9 Å². The lowest BCUT2D eigenvalue weighted by Crippen LogP contribution is -2.14. The van der Waals surface area contributed by atoms with Crippen LogP contribution in [0.1, 0.15) is 21.8 Å². The van der Waals surface area contributed by atoms with Crippen molar-refractivity contribution in [2.24, 2.45) is 0 Å². The van der Waals surface area contributed by atoms with Crippen LogP contribution in [0.4, 0.5) is 0 Å². The lowest BCUT2D eigenvalue weighted by atomic mass is 10.2. The van der Waals surface area contributed by atoms with Gasteiger partial charge in [-0.05, 0) is 19.4 Å². The van der Waals surface area contributed by atoms with Crippen molar-refractivity contribution in [3.63, 3.8) is 0 Å². The Kier molecular flexibility index (Phi) is 3.36. The molecule has 0 saturated heterocycles. The largest absolute Gasteiger partial charge is 0.307 e. The number of aromatic nitrogens is 2. The van der Waals surface area contributed by atoms with Crippen molar-refractivity contribution in [1.29, 1.82) is 0 Å². The van der Waals surface area contributed by atoms with Gasteiger partial charge in [0.25, 0.3) is 0 Å². The van der Waals surface area contributed by atoms with Crippen molar-refractivity contribution in [3.8, 4) is 0 Å². The molecule has 2 heterocycles. The summed E-state index contributed by atoms with van der Waals surface area (Å²) in [7, 11) is 0. The second kappa shape index (κ2) is 5.15. The Morgan fingerprint density at radius 2 is 1.95 bits per heavy atom. The number of hydrogen-bond donors (Lipinski definition) is 1. The first-order valence-electron chi connectivity index (χ1n) is 6.42. The molecule has 0 aliphatic carbocycles. The van der Waals surface area contributed by atoms with Crippen molar-refractivity contribution in [3.05, 3.63) is 58.4 Å². The molecule has 0 bridgehead atoms. The summed E-state index contributed by atoms with van der Waals surface area (Å²) in [4.78, 5) is 6.99. The molecule has 3 rings (SSSR count). The summed E-state index contributed by atoms with van der Waals surface area (Å²) >= 11 is 1.74. The first kappa shape index (κ1) is 12.4. The van der Waals surface area contributed by atoms with Gasteiger partial charge >= 0.3 is 0 Å². The van der Waals surface area contributed by atoms with Crippen LogP contribution in [-0.4, -0.2) is 9.38 Å². The lowest BCUT2D eigenvalue weighted by Gasteiger charge is -2.05. The molecule has 0 atom stereocenters. The maximum absolute atomic E-state index is 4.60. The number of imidazole rings is 1. The highest BCUT2D eigenvalue weighted by molar-refractivity contribution is 7.17. The van der Waals surface area contributed by atoms with Crippen LogP contribution in [0.2, 0.25) is 0 Å². The summed E-state index contributed by atoms with van der Waals surface area (Å²) in [6.07, 6.45) is 2.17. The number of nitrogens with zero attached hydrogens (tertiary/aromatic N) is 2. The number of fused-ring (bicyclic) bond motifs is 1. The van der Waals surface area contributed by atoms with E-state index in [1.165, 1.54) is 16.1 Å². The van der Waals surface area contributed by atoms with Crippen LogP contribution in [0, 0.1) is 13.8 Å². The van der Waals surface area contributed by atoms with Crippen LogP contribution in [0.25, 0.3) is 4.96 Å². The molecule has 0 saturated carbocycles. The van der Waals surface area contributed by atoms with Gasteiger partial charge in [-0.3, -0.25) is 4.40 Å². The third kappa shape index (κ3) is 2.55. The van der Waals surface area contributed by atoms with Gasteiger partial charge in [0.15, 0.2) is 4.96 Å². The third-order valence-corrected chi connectivity index (χ3v) is 4.10. The van der Waals surface area contributed by atoms with Gasteiger partial charge in [-0.2, -0.15) is 0 Å². The maximum Gasteiger partial charge on any atom is 0.194 e. The molecule has 0 spiro atoms. The quantitative estimate of drug-likeness (QED) is 0.789. The van der Waals surface area contributed by atoms with Crippen molar-refractivity contribution in [2.75, 3.05) is 0 Å². The van der Waals surface area contributed by atoms with Gasteiger partial charge in [0.1, 0.15) is 0 Å². The average Bonchev–Trinajstić information content (AvgIpc) is 2.88. The fraction of sp³-hybridized carbons (Fsp3) is 0.267. The zero-order valence-electron chi connectivity index (χ0n) is 11.2. The molecule has 3 aromatic rings. The molecule has 4 heteroatoms. The molecular formula is C15H17N3S. The number of thiazole rings is 1. The fourth-order valence-corrected chi connectivity index (χ4v) is 3.13. The summed E-state index contributed by atoms with van der Waals surface area (Å²) in [5.74, 6) is 0. The van der Waals surface area contributed by atoms with Crippen LogP contribution >= 0.6 is 11.3 Å². The minimum absolute atomic E-state index is 0.845. The highest BCUT2D eigenvalue weighted by Gasteiger charge is 2.10. The number of rotatable bonds is 4. The van der Waals surface area contributed by atoms with E-state index in [1.54, 1.807) is 11.3 Å². The molecule has 0 unspecified atom stereocenters. The molecular weight excluding hydrogens is 254 g/mol. The summed E-state index contributed by atoms with van der Waals surface area (Å²) in [5, 5.41) is 3.49. The average molecular weight is 271 g/mol. The smallest absolute Gasteiger partial charge is 0.194 e. The van der Waals surface area contributed by atoms with E-state index in [1.807, 2.05) is 6.07 Å². The zero-order chi connectivity index (χ0) is 13.2. The summed E-state index contributed by atoms with van der Waals surface area (Å²) in [5.41, 5.74) is 3.68. The van der Waals surface area contributed by atoms with Crippen LogP contribution in [0.5, 0.6) is 0 Å². The van der Waals surface area contributed by atoms with Crippen molar-refractivity contribution in [1.82, 2.24) is 14.7 Å². The van der Waals surface area contributed by atoms with Gasteiger partial charge in [-0.15, -0.1) is 11.3 Å². The van der Waals surface area contributed by atoms with E-state index >= 15 is 0 Å². The van der Waals surface area contributed by atoms with Gasteiger partial charge in [0.2, 0.25) is 0 Å². The Labute approximate surface area is 116 Å². The third-order valence-electron chi connectivity index (χ3n) is 3.21. The van der Waals surface area contributed by atoms with Gasteiger partial charge in [0.05, 0.1) is 11.4 Å². The van der Waals surface area contributed by atoms with E-state index in [9.17, 15) is 0 Å². The minimum Gasteiger partial charge on any atom is -0.307 e. The molecule has 1 N–H and O–H groups in total. The molecule has 19 heavy (non-hydrogen) atoms. The number of benzene rings is 1. The molecule has 0 aliphatic heterocycles. The van der Waals surface area contributed by atoms with Crippen LogP contribution < -0.4 is 5.32 Å². The van der Waals surface area contributed by atoms with E-state index in [0.29, 0.717) is 0 Å². The molecule has 0 fully saturated rings. The van der Waals surface area contributed by atoms with E-state index in [0.717, 1.165) is 23.7 Å². The Hall–Kier alpha value is -1.65. The number of aryl methyl sites for hydroxylation is 2. The molecule has 2 aromatic heterocycles. The number of nitrogens with one attached hydrogen (secondary N) is 1. The lowest BCUT2D eigenvalue weighted by molar-refractivity contribution is 0.672. The van der Waals surface area contributed by atoms with Crippen molar-refractivity contribution < 1.29 is 0 Å². The predicted octanol–water partition coefficient (Wildman–Crippen LogP) is 3.30. The Morgan fingerprint density at radius 1 is 1.16 bits per heavy atom. The van der Waals surface area contributed by atoms with Crippen molar-refractivity contribution >= 4 is 16.3 Å². The first-order valence-corrected chi connectivity index (χ1v) is 7.24. The zero-order valence-corrected chi connectivity index (χ0v) is 12.0. The summed E-state index contributed by atoms with van der Waals surface area (Å²) < 4.78 is 2.20. The maximum atomic E-state index is 4.60. The molecule has 0 radical (unpaired) electrons. The molecule has 0 aliphatic rings. The van der Waals surface area contributed by atoms with E-state index < -0.39 is 0 Å². The first-order chi connectivity index (χ1) is 9.24. The predicted molar refractivity (Wildman–Crippen MR) is 79.5 cm³/mol. The molecule has 0 amide bonds. The highest BCUT2D eigenvalue weighted by atomic mass is 32.1. The fourth-order valence-electron chi connectivity index (χ4n) is 2.24. The van der Waals surface area contributed by atoms with E-state index in [2.05, 4.69) is 59.0 Å². The standard InChI is InChI=1S/C15H17N3S/c1-11-10-18-14(12(2)17-15(18)19-11)9-16-8-13-6-4-3-5-7-13/h3-7,10,16H,8-9H2,1-2H3. The minimum atomic E-state index is 0.845. The Morgan fingerprint density at radius 3 is 2.74 bits per heavy atom. The van der Waals surface area contributed by atoms with Gasteiger partial charge in [0, 0.05) is 24.2 Å². The normalized spacial score (nSPS) is 11.3. The van der Waals surface area contributed by atoms with E-state index in [-0.39, 0.29) is 0 Å². The molecule has 98 valence electrons. The second-order valence-electron chi connectivity index (χ2n) is 4.73. The van der Waals surface area contributed by atoms with Crippen LogP contribution in [0.15, 0.2) is 36.5 Å². The Bertz CT molecular complexity index is 682. The topological polar surface area (TPSA) is 29.3 Å². The second-order valence-corrected chi connectivity index (χ2v) is 5.94. The SMILES string of the molecule is Cc1cn2c(CNCc3ccccc3)c(C)nc2s1. The summed E-state index contributed by atoms with van der Waals surface area (Å²) in [6, 6.07) is 10.5. The van der Waals surface area contributed by atoms with Gasteiger partial charge < -0.3 is 5.32 Å². The van der Waals surface area contributed by atoms with E-state index in [4.69, 9.17) is 0 Å². The number of hydrogen-bond acceptors (Lipinski definition) is 3. The summed E-state index contributed by atoms with van der Waals surface area (Å²) in [6.45, 7) is 5.93. The molecule has 1 aromatic carbocycles.